The molecule has 0 radical (unpaired) electrons. The van der Waals surface area contributed by atoms with E-state index in [1.807, 2.05) is 19.1 Å². The second-order valence-corrected chi connectivity index (χ2v) is 4.92. The SMILES string of the molecule is Cc1ccccc1C(C)Nc1nc(C(=O)O)cs1. The van der Waals surface area contributed by atoms with Crippen LogP contribution in [0.15, 0.2) is 29.6 Å². The van der Waals surface area contributed by atoms with E-state index in [4.69, 9.17) is 5.11 Å². The van der Waals surface area contributed by atoms with Gasteiger partial charge in [0.05, 0.1) is 6.04 Å². The van der Waals surface area contributed by atoms with E-state index in [1.54, 1.807) is 0 Å². The molecular formula is C13H14N2O2S. The molecule has 0 amide bonds. The third kappa shape index (κ3) is 2.68. The molecule has 4 nitrogen and oxygen atoms in total. The summed E-state index contributed by atoms with van der Waals surface area (Å²) in [4.78, 5) is 14.8. The van der Waals surface area contributed by atoms with E-state index in [1.165, 1.54) is 27.8 Å². The first kappa shape index (κ1) is 12.6. The van der Waals surface area contributed by atoms with Gasteiger partial charge in [-0.05, 0) is 25.0 Å². The van der Waals surface area contributed by atoms with Crippen molar-refractivity contribution in [1.82, 2.24) is 4.98 Å². The minimum atomic E-state index is -0.997. The van der Waals surface area contributed by atoms with E-state index in [9.17, 15) is 4.79 Å². The summed E-state index contributed by atoms with van der Waals surface area (Å²) in [7, 11) is 0. The van der Waals surface area contributed by atoms with E-state index < -0.39 is 5.97 Å². The summed E-state index contributed by atoms with van der Waals surface area (Å²) in [5.41, 5.74) is 2.47. The van der Waals surface area contributed by atoms with Gasteiger partial charge in [-0.2, -0.15) is 0 Å². The number of carboxylic acids is 1. The van der Waals surface area contributed by atoms with Crippen LogP contribution in [-0.2, 0) is 0 Å². The van der Waals surface area contributed by atoms with Gasteiger partial charge in [-0.15, -0.1) is 11.3 Å². The Balaban J connectivity index is 2.13. The molecule has 0 aliphatic rings. The summed E-state index contributed by atoms with van der Waals surface area (Å²) in [5.74, 6) is -0.997. The normalized spacial score (nSPS) is 12.1. The number of rotatable bonds is 4. The molecule has 0 aliphatic heterocycles. The van der Waals surface area contributed by atoms with Crippen molar-refractivity contribution in [1.29, 1.82) is 0 Å². The molecular weight excluding hydrogens is 248 g/mol. The molecule has 0 bridgehead atoms. The Bertz CT molecular complexity index is 566. The van der Waals surface area contributed by atoms with Crippen molar-refractivity contribution in [3.05, 3.63) is 46.5 Å². The molecule has 5 heteroatoms. The first-order chi connectivity index (χ1) is 8.58. The Labute approximate surface area is 109 Å². The molecule has 0 saturated carbocycles. The fourth-order valence-corrected chi connectivity index (χ4v) is 2.55. The van der Waals surface area contributed by atoms with Crippen molar-refractivity contribution in [2.24, 2.45) is 0 Å². The van der Waals surface area contributed by atoms with Crippen molar-refractivity contribution in [3.63, 3.8) is 0 Å². The topological polar surface area (TPSA) is 62.2 Å². The van der Waals surface area contributed by atoms with Crippen LogP contribution in [0.25, 0.3) is 0 Å². The van der Waals surface area contributed by atoms with Crippen LogP contribution in [-0.4, -0.2) is 16.1 Å². The molecule has 0 saturated heterocycles. The smallest absolute Gasteiger partial charge is 0.355 e. The molecule has 2 rings (SSSR count). The minimum Gasteiger partial charge on any atom is -0.476 e. The first-order valence-electron chi connectivity index (χ1n) is 5.59. The Morgan fingerprint density at radius 3 is 2.78 bits per heavy atom. The summed E-state index contributed by atoms with van der Waals surface area (Å²) >= 11 is 1.30. The van der Waals surface area contributed by atoms with Crippen molar-refractivity contribution in [3.8, 4) is 0 Å². The van der Waals surface area contributed by atoms with Crippen LogP contribution in [0.5, 0.6) is 0 Å². The summed E-state index contributed by atoms with van der Waals surface area (Å²) in [6, 6.07) is 8.19. The highest BCUT2D eigenvalue weighted by Crippen LogP contribution is 2.24. The highest BCUT2D eigenvalue weighted by atomic mass is 32.1. The largest absolute Gasteiger partial charge is 0.476 e. The molecule has 94 valence electrons. The number of hydrogen-bond acceptors (Lipinski definition) is 4. The lowest BCUT2D eigenvalue weighted by atomic mass is 10.0. The zero-order chi connectivity index (χ0) is 13.1. The van der Waals surface area contributed by atoms with Crippen LogP contribution < -0.4 is 5.32 Å². The van der Waals surface area contributed by atoms with Gasteiger partial charge in [0.2, 0.25) is 0 Å². The quantitative estimate of drug-likeness (QED) is 0.887. The summed E-state index contributed by atoms with van der Waals surface area (Å²) in [6.45, 7) is 4.09. The molecule has 0 aliphatic carbocycles. The molecule has 1 aromatic heterocycles. The Kier molecular flexibility index (Phi) is 3.62. The highest BCUT2D eigenvalue weighted by molar-refractivity contribution is 7.13. The lowest BCUT2D eigenvalue weighted by molar-refractivity contribution is 0.0691. The molecule has 18 heavy (non-hydrogen) atoms. The molecule has 1 unspecified atom stereocenters. The second-order valence-electron chi connectivity index (χ2n) is 4.07. The highest BCUT2D eigenvalue weighted by Gasteiger charge is 2.12. The number of aromatic nitrogens is 1. The molecule has 1 aromatic carbocycles. The standard InChI is InChI=1S/C13H14N2O2S/c1-8-5-3-4-6-10(8)9(2)14-13-15-11(7-18-13)12(16)17/h3-7,9H,1-2H3,(H,14,15)(H,16,17). The van der Waals surface area contributed by atoms with Gasteiger partial charge in [0.15, 0.2) is 10.8 Å². The van der Waals surface area contributed by atoms with E-state index in [0.717, 1.165) is 0 Å². The van der Waals surface area contributed by atoms with E-state index in [0.29, 0.717) is 5.13 Å². The predicted octanol–water partition coefficient (Wildman–Crippen LogP) is 3.32. The van der Waals surface area contributed by atoms with E-state index in [2.05, 4.69) is 29.4 Å². The molecule has 0 spiro atoms. The van der Waals surface area contributed by atoms with Gasteiger partial charge in [0, 0.05) is 5.38 Å². The lowest BCUT2D eigenvalue weighted by Gasteiger charge is -2.15. The van der Waals surface area contributed by atoms with E-state index in [-0.39, 0.29) is 11.7 Å². The van der Waals surface area contributed by atoms with Gasteiger partial charge in [0.1, 0.15) is 0 Å². The van der Waals surface area contributed by atoms with Crippen LogP contribution in [0, 0.1) is 6.92 Å². The third-order valence-electron chi connectivity index (χ3n) is 2.72. The predicted molar refractivity (Wildman–Crippen MR) is 72.3 cm³/mol. The monoisotopic (exact) mass is 262 g/mol. The van der Waals surface area contributed by atoms with Crippen molar-refractivity contribution >= 4 is 22.4 Å². The zero-order valence-electron chi connectivity index (χ0n) is 10.2. The summed E-state index contributed by atoms with van der Waals surface area (Å²) in [5, 5.41) is 14.2. The zero-order valence-corrected chi connectivity index (χ0v) is 11.0. The maximum atomic E-state index is 10.7. The van der Waals surface area contributed by atoms with Gasteiger partial charge < -0.3 is 10.4 Å². The maximum absolute atomic E-state index is 10.7. The second kappa shape index (κ2) is 5.18. The number of carbonyl (C=O) groups is 1. The number of carboxylic acid groups (broad SMARTS) is 1. The van der Waals surface area contributed by atoms with Crippen molar-refractivity contribution < 1.29 is 9.90 Å². The van der Waals surface area contributed by atoms with Crippen LogP contribution >= 0.6 is 11.3 Å². The summed E-state index contributed by atoms with van der Waals surface area (Å²) < 4.78 is 0. The Morgan fingerprint density at radius 2 is 2.17 bits per heavy atom. The van der Waals surface area contributed by atoms with Crippen LogP contribution in [0.3, 0.4) is 0 Å². The molecule has 2 aromatic rings. The average molecular weight is 262 g/mol. The number of aromatic carboxylic acids is 1. The maximum Gasteiger partial charge on any atom is 0.355 e. The van der Waals surface area contributed by atoms with Gasteiger partial charge >= 0.3 is 5.97 Å². The number of nitrogens with one attached hydrogen (secondary N) is 1. The van der Waals surface area contributed by atoms with Gasteiger partial charge in [-0.1, -0.05) is 24.3 Å². The fraction of sp³-hybridized carbons (Fsp3) is 0.231. The Morgan fingerprint density at radius 1 is 1.44 bits per heavy atom. The van der Waals surface area contributed by atoms with E-state index >= 15 is 0 Å². The van der Waals surface area contributed by atoms with Crippen LogP contribution in [0.2, 0.25) is 0 Å². The molecule has 2 N–H and O–H groups in total. The average Bonchev–Trinajstić information content (AvgIpc) is 2.78. The van der Waals surface area contributed by atoms with Gasteiger partial charge in [0.25, 0.3) is 0 Å². The number of nitrogens with zero attached hydrogens (tertiary/aromatic N) is 1. The molecule has 0 fully saturated rings. The number of thiazole rings is 1. The van der Waals surface area contributed by atoms with Crippen molar-refractivity contribution in [2.75, 3.05) is 5.32 Å². The van der Waals surface area contributed by atoms with Crippen LogP contribution in [0.4, 0.5) is 5.13 Å². The first-order valence-corrected chi connectivity index (χ1v) is 6.47. The summed E-state index contributed by atoms with van der Waals surface area (Å²) in [6.07, 6.45) is 0. The number of hydrogen-bond donors (Lipinski definition) is 2. The lowest BCUT2D eigenvalue weighted by Crippen LogP contribution is -2.08. The van der Waals surface area contributed by atoms with Crippen LogP contribution in [0.1, 0.15) is 34.6 Å². The van der Waals surface area contributed by atoms with Gasteiger partial charge in [-0.25, -0.2) is 9.78 Å². The van der Waals surface area contributed by atoms with Gasteiger partial charge in [-0.3, -0.25) is 0 Å². The van der Waals surface area contributed by atoms with Crippen molar-refractivity contribution in [2.45, 2.75) is 19.9 Å². The molecule has 1 heterocycles. The fourth-order valence-electron chi connectivity index (χ4n) is 1.77. The number of aryl methyl sites for hydroxylation is 1. The number of anilines is 1. The molecule has 1 atom stereocenters. The Hall–Kier alpha value is -1.88. The third-order valence-corrected chi connectivity index (χ3v) is 3.49. The number of benzene rings is 1. The minimum absolute atomic E-state index is 0.0829.